The highest BCUT2D eigenvalue weighted by Crippen LogP contribution is 2.39. The molecule has 0 aliphatic carbocycles. The van der Waals surface area contributed by atoms with Crippen molar-refractivity contribution in [3.05, 3.63) is 59.6 Å². The highest BCUT2D eigenvalue weighted by atomic mass is 35.5. The van der Waals surface area contributed by atoms with Crippen LogP contribution in [0.4, 0.5) is 0 Å². The molecule has 0 aliphatic heterocycles. The van der Waals surface area contributed by atoms with Crippen LogP contribution in [0.3, 0.4) is 0 Å². The number of thiophene rings is 1. The van der Waals surface area contributed by atoms with E-state index in [-0.39, 0.29) is 0 Å². The molecule has 1 heterocycles. The maximum absolute atomic E-state index is 6.28. The number of hydrogen-bond donors (Lipinski definition) is 0. The van der Waals surface area contributed by atoms with E-state index >= 15 is 0 Å². The van der Waals surface area contributed by atoms with Gasteiger partial charge in [-0.05, 0) is 23.6 Å². The second kappa shape index (κ2) is 3.71. The van der Waals surface area contributed by atoms with Crippen molar-refractivity contribution in [2.45, 2.75) is 0 Å². The Hall–Kier alpha value is -1.57. The molecule has 4 aromatic rings. The van der Waals surface area contributed by atoms with E-state index in [2.05, 4.69) is 42.5 Å². The van der Waals surface area contributed by atoms with Gasteiger partial charge in [0.2, 0.25) is 0 Å². The highest BCUT2D eigenvalue weighted by Gasteiger charge is 2.09. The zero-order chi connectivity index (χ0) is 12.1. The first kappa shape index (κ1) is 10.4. The van der Waals surface area contributed by atoms with E-state index in [0.29, 0.717) is 0 Å². The van der Waals surface area contributed by atoms with Crippen LogP contribution in [0.25, 0.3) is 30.9 Å². The summed E-state index contributed by atoms with van der Waals surface area (Å²) in [4.78, 5) is 0. The summed E-state index contributed by atoms with van der Waals surface area (Å²) in [6.45, 7) is 0. The lowest BCUT2D eigenvalue weighted by Crippen LogP contribution is -1.75. The lowest BCUT2D eigenvalue weighted by molar-refractivity contribution is 1.81. The van der Waals surface area contributed by atoms with Crippen LogP contribution in [0, 0.1) is 0 Å². The van der Waals surface area contributed by atoms with Gasteiger partial charge >= 0.3 is 0 Å². The Balaban J connectivity index is 2.37. The van der Waals surface area contributed by atoms with Crippen molar-refractivity contribution in [3.8, 4) is 0 Å². The molecule has 0 aliphatic rings. The first-order valence-corrected chi connectivity index (χ1v) is 7.02. The molecule has 1 aromatic heterocycles. The minimum atomic E-state index is 0.824. The van der Waals surface area contributed by atoms with Crippen LogP contribution in [0.1, 0.15) is 0 Å². The molecule has 0 spiro atoms. The molecule has 0 amide bonds. The summed E-state index contributed by atoms with van der Waals surface area (Å²) in [6.07, 6.45) is 0. The molecule has 2 heteroatoms. The van der Waals surface area contributed by atoms with E-state index < -0.39 is 0 Å². The van der Waals surface area contributed by atoms with Crippen LogP contribution < -0.4 is 0 Å². The monoisotopic (exact) mass is 268 g/mol. The molecule has 86 valence electrons. The van der Waals surface area contributed by atoms with Gasteiger partial charge in [-0.2, -0.15) is 0 Å². The van der Waals surface area contributed by atoms with Crippen molar-refractivity contribution in [2.24, 2.45) is 0 Å². The standard InChI is InChI=1S/C16H9ClS/c17-13-6-3-5-11-10(13)8-9-15-16(11)12-4-1-2-7-14(12)18-15/h1-9H. The summed E-state index contributed by atoms with van der Waals surface area (Å²) < 4.78 is 2.66. The number of hydrogen-bond acceptors (Lipinski definition) is 1. The molecule has 0 saturated heterocycles. The molecule has 0 nitrogen and oxygen atoms in total. The maximum Gasteiger partial charge on any atom is 0.0484 e. The fourth-order valence-corrected chi connectivity index (χ4v) is 3.90. The molecule has 0 bridgehead atoms. The third-order valence-electron chi connectivity index (χ3n) is 3.35. The Bertz CT molecular complexity index is 889. The van der Waals surface area contributed by atoms with Gasteiger partial charge in [-0.15, -0.1) is 11.3 Å². The quantitative estimate of drug-likeness (QED) is 0.375. The molecule has 18 heavy (non-hydrogen) atoms. The Kier molecular flexibility index (Phi) is 2.14. The second-order valence-electron chi connectivity index (χ2n) is 4.37. The lowest BCUT2D eigenvalue weighted by Gasteiger charge is -2.02. The van der Waals surface area contributed by atoms with Crippen LogP contribution >= 0.6 is 22.9 Å². The Morgan fingerprint density at radius 3 is 2.44 bits per heavy atom. The Labute approximate surface area is 113 Å². The molecule has 3 aromatic carbocycles. The van der Waals surface area contributed by atoms with Crippen LogP contribution in [-0.2, 0) is 0 Å². The molecule has 0 N–H and O–H groups in total. The largest absolute Gasteiger partial charge is 0.135 e. The maximum atomic E-state index is 6.28. The third kappa shape index (κ3) is 1.32. The van der Waals surface area contributed by atoms with E-state index in [0.717, 1.165) is 10.4 Å². The smallest absolute Gasteiger partial charge is 0.0484 e. The summed E-state index contributed by atoms with van der Waals surface area (Å²) in [6, 6.07) is 19.0. The minimum absolute atomic E-state index is 0.824. The van der Waals surface area contributed by atoms with Crippen molar-refractivity contribution in [2.75, 3.05) is 0 Å². The van der Waals surface area contributed by atoms with Crippen molar-refractivity contribution in [1.29, 1.82) is 0 Å². The van der Waals surface area contributed by atoms with Crippen molar-refractivity contribution < 1.29 is 0 Å². The van der Waals surface area contributed by atoms with Gasteiger partial charge < -0.3 is 0 Å². The highest BCUT2D eigenvalue weighted by molar-refractivity contribution is 7.26. The average molecular weight is 269 g/mol. The molecule has 0 fully saturated rings. The zero-order valence-corrected chi connectivity index (χ0v) is 11.1. The van der Waals surface area contributed by atoms with Gasteiger partial charge in [0.25, 0.3) is 0 Å². The molecule has 0 atom stereocenters. The summed E-state index contributed by atoms with van der Waals surface area (Å²) >= 11 is 8.12. The molecular formula is C16H9ClS. The van der Waals surface area contributed by atoms with Crippen molar-refractivity contribution in [3.63, 3.8) is 0 Å². The van der Waals surface area contributed by atoms with E-state index in [4.69, 9.17) is 11.6 Å². The summed E-state index contributed by atoms with van der Waals surface area (Å²) in [5.41, 5.74) is 0. The van der Waals surface area contributed by atoms with E-state index in [1.54, 1.807) is 0 Å². The first-order valence-electron chi connectivity index (χ1n) is 5.83. The number of fused-ring (bicyclic) bond motifs is 5. The molecule has 0 radical (unpaired) electrons. The normalized spacial score (nSPS) is 11.6. The van der Waals surface area contributed by atoms with Gasteiger partial charge in [0.1, 0.15) is 0 Å². The third-order valence-corrected chi connectivity index (χ3v) is 4.81. The Morgan fingerprint density at radius 2 is 1.50 bits per heavy atom. The number of halogens is 1. The van der Waals surface area contributed by atoms with Gasteiger partial charge in [0, 0.05) is 30.6 Å². The predicted octanol–water partition coefficient (Wildman–Crippen LogP) is 5.86. The van der Waals surface area contributed by atoms with E-state index in [9.17, 15) is 0 Å². The number of benzene rings is 3. The van der Waals surface area contributed by atoms with Crippen LogP contribution in [-0.4, -0.2) is 0 Å². The molecule has 0 unspecified atom stereocenters. The topological polar surface area (TPSA) is 0 Å². The summed E-state index contributed by atoms with van der Waals surface area (Å²) in [5.74, 6) is 0. The van der Waals surface area contributed by atoms with E-state index in [1.165, 1.54) is 25.6 Å². The van der Waals surface area contributed by atoms with Crippen LogP contribution in [0.5, 0.6) is 0 Å². The van der Waals surface area contributed by atoms with Gasteiger partial charge in [0.05, 0.1) is 0 Å². The van der Waals surface area contributed by atoms with Crippen molar-refractivity contribution >= 4 is 53.9 Å². The molecular weight excluding hydrogens is 260 g/mol. The zero-order valence-electron chi connectivity index (χ0n) is 9.48. The van der Waals surface area contributed by atoms with Crippen LogP contribution in [0.2, 0.25) is 5.02 Å². The van der Waals surface area contributed by atoms with Gasteiger partial charge in [0.15, 0.2) is 0 Å². The first-order chi connectivity index (χ1) is 8.84. The van der Waals surface area contributed by atoms with Crippen LogP contribution in [0.15, 0.2) is 54.6 Å². The Morgan fingerprint density at radius 1 is 0.667 bits per heavy atom. The number of rotatable bonds is 0. The molecule has 4 rings (SSSR count). The lowest BCUT2D eigenvalue weighted by atomic mass is 10.0. The molecule has 0 saturated carbocycles. The second-order valence-corrected chi connectivity index (χ2v) is 5.86. The minimum Gasteiger partial charge on any atom is -0.135 e. The van der Waals surface area contributed by atoms with Gasteiger partial charge in [-0.3, -0.25) is 0 Å². The fraction of sp³-hybridized carbons (Fsp3) is 0. The van der Waals surface area contributed by atoms with Gasteiger partial charge in [-0.1, -0.05) is 48.0 Å². The van der Waals surface area contributed by atoms with E-state index in [1.807, 2.05) is 23.5 Å². The fourth-order valence-electron chi connectivity index (χ4n) is 2.54. The van der Waals surface area contributed by atoms with Crippen molar-refractivity contribution in [1.82, 2.24) is 0 Å². The average Bonchev–Trinajstić information content (AvgIpc) is 2.77. The SMILES string of the molecule is Clc1cccc2c1ccc1sc3ccccc3c12. The predicted molar refractivity (Wildman–Crippen MR) is 81.8 cm³/mol. The van der Waals surface area contributed by atoms with Gasteiger partial charge in [-0.25, -0.2) is 0 Å². The summed E-state index contributed by atoms with van der Waals surface area (Å²) in [5, 5.41) is 5.86. The summed E-state index contributed by atoms with van der Waals surface area (Å²) in [7, 11) is 0.